The van der Waals surface area contributed by atoms with E-state index in [9.17, 15) is 0 Å². The number of piperidine rings is 1. The van der Waals surface area contributed by atoms with Crippen LogP contribution in [0.2, 0.25) is 0 Å². The van der Waals surface area contributed by atoms with Gasteiger partial charge in [0.2, 0.25) is 5.95 Å². The molecule has 7 rings (SSSR count). The molecule has 2 saturated heterocycles. The molecule has 2 aliphatic rings. The number of hydrogen-bond donors (Lipinski definition) is 0. The summed E-state index contributed by atoms with van der Waals surface area (Å²) in [7, 11) is 0. The lowest BCUT2D eigenvalue weighted by Gasteiger charge is -2.40. The van der Waals surface area contributed by atoms with Crippen LogP contribution in [-0.4, -0.2) is 74.8 Å². The average Bonchev–Trinajstić information content (AvgIpc) is 3.69. The summed E-state index contributed by atoms with van der Waals surface area (Å²) in [6.45, 7) is 12.1. The fourth-order valence-corrected chi connectivity index (χ4v) is 6.48. The van der Waals surface area contributed by atoms with Crippen LogP contribution in [0.3, 0.4) is 0 Å². The lowest BCUT2D eigenvalue weighted by Crippen LogP contribution is -2.49. The summed E-state index contributed by atoms with van der Waals surface area (Å²) in [4.78, 5) is 21.4. The van der Waals surface area contributed by atoms with Gasteiger partial charge >= 0.3 is 0 Å². The van der Waals surface area contributed by atoms with Gasteiger partial charge < -0.3 is 14.2 Å². The fraction of sp³-hybridized carbons (Fsp3) is 0.448. The number of anilines is 1. The number of thiazole rings is 1. The Morgan fingerprint density at radius 1 is 0.923 bits per heavy atom. The topological polar surface area (TPSA) is 84.8 Å². The zero-order valence-electron chi connectivity index (χ0n) is 22.6. The summed E-state index contributed by atoms with van der Waals surface area (Å²) in [5, 5.41) is 4.26. The van der Waals surface area contributed by atoms with Gasteiger partial charge in [-0.3, -0.25) is 9.30 Å². The van der Waals surface area contributed by atoms with E-state index in [1.54, 1.807) is 11.3 Å². The Morgan fingerprint density at radius 2 is 1.64 bits per heavy atom. The van der Waals surface area contributed by atoms with Crippen LogP contribution < -0.4 is 4.90 Å². The first kappa shape index (κ1) is 24.7. The van der Waals surface area contributed by atoms with E-state index in [4.69, 9.17) is 24.2 Å². The normalized spacial score (nSPS) is 18.0. The van der Waals surface area contributed by atoms with Crippen LogP contribution >= 0.6 is 11.3 Å². The lowest BCUT2D eigenvalue weighted by atomic mass is 9.93. The van der Waals surface area contributed by atoms with Gasteiger partial charge in [-0.05, 0) is 12.8 Å². The standard InChI is InChI=1S/C29H33N7O2S/c1-29(2,3)25-16-22(33-38-25)19-4-6-20(7-5-19)23-18-36-24-17-30-27(32-26(24)39-28(36)31-23)35-10-8-21(9-11-35)34-12-14-37-15-13-34/h4-7,16-18,21H,8-15H2,1-3H3. The highest BCUT2D eigenvalue weighted by molar-refractivity contribution is 7.23. The van der Waals surface area contributed by atoms with Gasteiger partial charge in [0, 0.05) is 61.0 Å². The van der Waals surface area contributed by atoms with Crippen LogP contribution in [0.1, 0.15) is 39.4 Å². The molecule has 0 bridgehead atoms. The highest BCUT2D eigenvalue weighted by atomic mass is 32.1. The molecule has 202 valence electrons. The van der Waals surface area contributed by atoms with E-state index in [2.05, 4.69) is 70.6 Å². The third-order valence-corrected chi connectivity index (χ3v) is 8.84. The molecule has 0 amide bonds. The summed E-state index contributed by atoms with van der Waals surface area (Å²) >= 11 is 1.61. The Kier molecular flexibility index (Phi) is 6.13. The highest BCUT2D eigenvalue weighted by Crippen LogP contribution is 2.32. The molecule has 10 heteroatoms. The molecule has 1 aromatic carbocycles. The van der Waals surface area contributed by atoms with Gasteiger partial charge in [-0.1, -0.05) is 61.5 Å². The van der Waals surface area contributed by atoms with Crippen molar-refractivity contribution in [3.8, 4) is 22.5 Å². The Balaban J connectivity index is 1.07. The second-order valence-corrected chi connectivity index (χ2v) is 12.5. The van der Waals surface area contributed by atoms with Gasteiger partial charge in [0.25, 0.3) is 0 Å². The zero-order chi connectivity index (χ0) is 26.6. The maximum Gasteiger partial charge on any atom is 0.226 e. The highest BCUT2D eigenvalue weighted by Gasteiger charge is 2.27. The molecule has 0 saturated carbocycles. The van der Waals surface area contributed by atoms with E-state index in [0.717, 1.165) is 102 Å². The first-order valence-electron chi connectivity index (χ1n) is 13.7. The fourth-order valence-electron chi connectivity index (χ4n) is 5.53. The van der Waals surface area contributed by atoms with Crippen LogP contribution in [0.15, 0.2) is 47.2 Å². The number of imidazole rings is 1. The Morgan fingerprint density at radius 3 is 2.33 bits per heavy atom. The number of ether oxygens (including phenoxy) is 1. The third kappa shape index (κ3) is 4.70. The number of hydrogen-bond acceptors (Lipinski definition) is 9. The minimum Gasteiger partial charge on any atom is -0.379 e. The quantitative estimate of drug-likeness (QED) is 0.304. The predicted octanol–water partition coefficient (Wildman–Crippen LogP) is 5.26. The van der Waals surface area contributed by atoms with Crippen LogP contribution in [0.25, 0.3) is 37.8 Å². The molecular weight excluding hydrogens is 510 g/mol. The minimum absolute atomic E-state index is 0.0689. The van der Waals surface area contributed by atoms with Crippen molar-refractivity contribution < 1.29 is 9.26 Å². The average molecular weight is 544 g/mol. The van der Waals surface area contributed by atoms with Gasteiger partial charge in [-0.15, -0.1) is 0 Å². The molecule has 6 heterocycles. The van der Waals surface area contributed by atoms with E-state index >= 15 is 0 Å². The predicted molar refractivity (Wildman–Crippen MR) is 153 cm³/mol. The van der Waals surface area contributed by atoms with E-state index in [-0.39, 0.29) is 5.41 Å². The summed E-state index contributed by atoms with van der Waals surface area (Å²) in [6, 6.07) is 11.0. The van der Waals surface area contributed by atoms with Crippen molar-refractivity contribution in [3.63, 3.8) is 0 Å². The molecule has 0 radical (unpaired) electrons. The first-order valence-corrected chi connectivity index (χ1v) is 14.5. The first-order chi connectivity index (χ1) is 18.9. The number of rotatable bonds is 4. The largest absolute Gasteiger partial charge is 0.379 e. The van der Waals surface area contributed by atoms with Gasteiger partial charge in [-0.2, -0.15) is 0 Å². The summed E-state index contributed by atoms with van der Waals surface area (Å²) in [5.74, 6) is 1.70. The van der Waals surface area contributed by atoms with Crippen LogP contribution in [0.5, 0.6) is 0 Å². The van der Waals surface area contributed by atoms with Crippen molar-refractivity contribution in [1.29, 1.82) is 0 Å². The number of fused-ring (bicyclic) bond motifs is 3. The second-order valence-electron chi connectivity index (χ2n) is 11.5. The number of morpholine rings is 1. The Hall–Kier alpha value is -3.34. The maximum atomic E-state index is 5.56. The summed E-state index contributed by atoms with van der Waals surface area (Å²) < 4.78 is 13.2. The monoisotopic (exact) mass is 543 g/mol. The van der Waals surface area contributed by atoms with Crippen molar-refractivity contribution in [2.45, 2.75) is 45.1 Å². The van der Waals surface area contributed by atoms with Gasteiger partial charge in [0.15, 0.2) is 4.96 Å². The number of benzene rings is 1. The summed E-state index contributed by atoms with van der Waals surface area (Å²) in [6.07, 6.45) is 6.31. The van der Waals surface area contributed by atoms with Crippen LogP contribution in [0, 0.1) is 0 Å². The van der Waals surface area contributed by atoms with E-state index in [1.807, 2.05) is 12.3 Å². The molecule has 5 aromatic rings. The van der Waals surface area contributed by atoms with Gasteiger partial charge in [0.05, 0.1) is 25.1 Å². The van der Waals surface area contributed by atoms with Crippen molar-refractivity contribution in [3.05, 3.63) is 48.5 Å². The molecule has 0 aliphatic carbocycles. The van der Waals surface area contributed by atoms with Gasteiger partial charge in [0.1, 0.15) is 21.8 Å². The molecule has 0 N–H and O–H groups in total. The van der Waals surface area contributed by atoms with E-state index in [0.29, 0.717) is 6.04 Å². The smallest absolute Gasteiger partial charge is 0.226 e. The minimum atomic E-state index is -0.0689. The molecule has 4 aromatic heterocycles. The maximum absolute atomic E-state index is 5.56. The third-order valence-electron chi connectivity index (χ3n) is 7.88. The van der Waals surface area contributed by atoms with Crippen molar-refractivity contribution in [1.82, 2.24) is 29.4 Å². The zero-order valence-corrected chi connectivity index (χ0v) is 23.4. The molecule has 2 aliphatic heterocycles. The molecule has 0 spiro atoms. The SMILES string of the molecule is CC(C)(C)c1cc(-c2ccc(-c3cn4c(n3)sc3nc(N5CCC(N6CCOCC6)CC5)ncc34)cc2)no1. The van der Waals surface area contributed by atoms with Crippen molar-refractivity contribution in [2.24, 2.45) is 0 Å². The molecule has 0 atom stereocenters. The van der Waals surface area contributed by atoms with Crippen LogP contribution in [-0.2, 0) is 10.2 Å². The molecule has 9 nitrogen and oxygen atoms in total. The number of nitrogens with zero attached hydrogens (tertiary/aromatic N) is 7. The van der Waals surface area contributed by atoms with E-state index < -0.39 is 0 Å². The lowest BCUT2D eigenvalue weighted by molar-refractivity contribution is 0.0114. The van der Waals surface area contributed by atoms with Gasteiger partial charge in [-0.25, -0.2) is 15.0 Å². The Labute approximate surface area is 231 Å². The Bertz CT molecular complexity index is 1600. The van der Waals surface area contributed by atoms with Crippen molar-refractivity contribution in [2.75, 3.05) is 44.3 Å². The van der Waals surface area contributed by atoms with Crippen molar-refractivity contribution >= 4 is 32.6 Å². The molecule has 2 fully saturated rings. The van der Waals surface area contributed by atoms with Crippen LogP contribution in [0.4, 0.5) is 5.95 Å². The second kappa shape index (κ2) is 9.69. The summed E-state index contributed by atoms with van der Waals surface area (Å²) in [5.41, 5.74) is 4.79. The van der Waals surface area contributed by atoms with E-state index in [1.165, 1.54) is 0 Å². The number of aromatic nitrogens is 5. The molecule has 39 heavy (non-hydrogen) atoms. The molecule has 0 unspecified atom stereocenters. The molecular formula is C29H33N7O2S.